The van der Waals surface area contributed by atoms with Crippen molar-refractivity contribution in [1.82, 2.24) is 4.98 Å². The molecule has 1 aromatic heterocycles. The van der Waals surface area contributed by atoms with Crippen molar-refractivity contribution >= 4 is 39.1 Å². The number of nitrogens with one attached hydrogen (secondary N) is 1. The second-order valence-electron chi connectivity index (χ2n) is 4.61. The van der Waals surface area contributed by atoms with Crippen LogP contribution in [0.2, 0.25) is 5.15 Å². The van der Waals surface area contributed by atoms with Crippen LogP contribution < -0.4 is 11.1 Å². The number of halogens is 2. The number of hydrogen-bond acceptors (Lipinski definition) is 3. The molecule has 3 N–H and O–H groups in total. The smallest absolute Gasteiger partial charge is 0.227 e. The standard InChI is InChI=1S/C12H15BrClN3O/c13-10-5-9(6-16-11(10)14)17-12(18)7-2-1-3-8(15)4-7/h5-8H,1-4,15H2,(H,17,18). The van der Waals surface area contributed by atoms with Gasteiger partial charge in [0.05, 0.1) is 16.4 Å². The fraction of sp³-hybridized carbons (Fsp3) is 0.500. The van der Waals surface area contributed by atoms with Gasteiger partial charge in [0.2, 0.25) is 5.91 Å². The van der Waals surface area contributed by atoms with E-state index in [0.29, 0.717) is 15.3 Å². The van der Waals surface area contributed by atoms with Gasteiger partial charge in [-0.15, -0.1) is 0 Å². The molecule has 0 spiro atoms. The third-order valence-electron chi connectivity index (χ3n) is 3.15. The van der Waals surface area contributed by atoms with Gasteiger partial charge in [-0.05, 0) is 41.3 Å². The van der Waals surface area contributed by atoms with Gasteiger partial charge in [-0.25, -0.2) is 4.98 Å². The van der Waals surface area contributed by atoms with Crippen molar-refractivity contribution in [2.24, 2.45) is 11.7 Å². The van der Waals surface area contributed by atoms with Crippen molar-refractivity contribution in [1.29, 1.82) is 0 Å². The van der Waals surface area contributed by atoms with Gasteiger partial charge in [0.15, 0.2) is 0 Å². The summed E-state index contributed by atoms with van der Waals surface area (Å²) in [5, 5.41) is 3.24. The highest BCUT2D eigenvalue weighted by atomic mass is 79.9. The second kappa shape index (κ2) is 5.99. The van der Waals surface area contributed by atoms with Crippen molar-refractivity contribution in [2.75, 3.05) is 5.32 Å². The molecule has 98 valence electrons. The largest absolute Gasteiger partial charge is 0.328 e. The molecular formula is C12H15BrClN3O. The van der Waals surface area contributed by atoms with Crippen molar-refractivity contribution in [2.45, 2.75) is 31.7 Å². The number of carbonyl (C=O) groups is 1. The van der Waals surface area contributed by atoms with Crippen LogP contribution in [0.5, 0.6) is 0 Å². The predicted molar refractivity (Wildman–Crippen MR) is 75.5 cm³/mol. The van der Waals surface area contributed by atoms with E-state index in [1.165, 1.54) is 0 Å². The Morgan fingerprint density at radius 1 is 1.56 bits per heavy atom. The summed E-state index contributed by atoms with van der Waals surface area (Å²) < 4.78 is 0.669. The third kappa shape index (κ3) is 3.43. The maximum atomic E-state index is 12.1. The van der Waals surface area contributed by atoms with Crippen LogP contribution in [-0.2, 0) is 4.79 Å². The maximum absolute atomic E-state index is 12.1. The monoisotopic (exact) mass is 331 g/mol. The second-order valence-corrected chi connectivity index (χ2v) is 5.82. The summed E-state index contributed by atoms with van der Waals surface area (Å²) in [5.41, 5.74) is 6.53. The Bertz CT molecular complexity index is 455. The Kier molecular flexibility index (Phi) is 4.59. The lowest BCUT2D eigenvalue weighted by molar-refractivity contribution is -0.120. The van der Waals surface area contributed by atoms with Gasteiger partial charge in [0.1, 0.15) is 5.15 Å². The zero-order chi connectivity index (χ0) is 13.1. The summed E-state index contributed by atoms with van der Waals surface area (Å²) in [6, 6.07) is 1.89. The van der Waals surface area contributed by atoms with E-state index in [2.05, 4.69) is 26.2 Å². The van der Waals surface area contributed by atoms with Gasteiger partial charge >= 0.3 is 0 Å². The summed E-state index contributed by atoms with van der Waals surface area (Å²) in [6.07, 6.45) is 5.24. The minimum atomic E-state index is 0.00297. The summed E-state index contributed by atoms with van der Waals surface area (Å²) in [6.45, 7) is 0. The normalized spacial score (nSPS) is 23.7. The summed E-state index contributed by atoms with van der Waals surface area (Å²) in [7, 11) is 0. The molecule has 2 atom stereocenters. The number of rotatable bonds is 2. The van der Waals surface area contributed by atoms with Crippen molar-refractivity contribution < 1.29 is 4.79 Å². The van der Waals surface area contributed by atoms with E-state index in [9.17, 15) is 4.79 Å². The number of amides is 1. The topological polar surface area (TPSA) is 68.0 Å². The maximum Gasteiger partial charge on any atom is 0.227 e. The number of anilines is 1. The molecular weight excluding hydrogens is 318 g/mol. The van der Waals surface area contributed by atoms with E-state index >= 15 is 0 Å². The lowest BCUT2D eigenvalue weighted by Crippen LogP contribution is -2.34. The summed E-state index contributed by atoms with van der Waals surface area (Å²) in [4.78, 5) is 16.0. The number of nitrogens with two attached hydrogens (primary N) is 1. The molecule has 1 aliphatic carbocycles. The van der Waals surface area contributed by atoms with Crippen LogP contribution in [-0.4, -0.2) is 16.9 Å². The van der Waals surface area contributed by atoms with Crippen LogP contribution in [0, 0.1) is 5.92 Å². The average Bonchev–Trinajstić information content (AvgIpc) is 2.34. The van der Waals surface area contributed by atoms with Crippen LogP contribution in [0.25, 0.3) is 0 Å². The first-order valence-electron chi connectivity index (χ1n) is 5.93. The molecule has 1 amide bonds. The van der Waals surface area contributed by atoms with Gasteiger partial charge in [-0.1, -0.05) is 18.0 Å². The number of hydrogen-bond donors (Lipinski definition) is 2. The molecule has 18 heavy (non-hydrogen) atoms. The fourth-order valence-electron chi connectivity index (χ4n) is 2.20. The quantitative estimate of drug-likeness (QED) is 0.818. The Morgan fingerprint density at radius 3 is 3.00 bits per heavy atom. The SMILES string of the molecule is NC1CCCC(C(=O)Nc2cnc(Cl)c(Br)c2)C1. The van der Waals surface area contributed by atoms with E-state index in [4.69, 9.17) is 17.3 Å². The average molecular weight is 333 g/mol. The Labute approximate surface area is 119 Å². The first-order valence-corrected chi connectivity index (χ1v) is 7.11. The highest BCUT2D eigenvalue weighted by Crippen LogP contribution is 2.26. The van der Waals surface area contributed by atoms with E-state index in [1.54, 1.807) is 12.3 Å². The fourth-order valence-corrected chi connectivity index (χ4v) is 2.65. The van der Waals surface area contributed by atoms with Gasteiger partial charge in [0.25, 0.3) is 0 Å². The summed E-state index contributed by atoms with van der Waals surface area (Å²) in [5.74, 6) is 0.0179. The van der Waals surface area contributed by atoms with Crippen molar-refractivity contribution in [3.63, 3.8) is 0 Å². The van der Waals surface area contributed by atoms with Crippen LogP contribution in [0.1, 0.15) is 25.7 Å². The van der Waals surface area contributed by atoms with E-state index in [1.807, 2.05) is 0 Å². The van der Waals surface area contributed by atoms with Gasteiger partial charge in [-0.2, -0.15) is 0 Å². The van der Waals surface area contributed by atoms with E-state index in [0.717, 1.165) is 25.7 Å². The molecule has 0 bridgehead atoms. The molecule has 1 fully saturated rings. The third-order valence-corrected chi connectivity index (χ3v) is 4.28. The van der Waals surface area contributed by atoms with Crippen LogP contribution >= 0.6 is 27.5 Å². The molecule has 4 nitrogen and oxygen atoms in total. The molecule has 1 heterocycles. The molecule has 0 aromatic carbocycles. The van der Waals surface area contributed by atoms with Crippen molar-refractivity contribution in [3.8, 4) is 0 Å². The highest BCUT2D eigenvalue weighted by Gasteiger charge is 2.25. The minimum Gasteiger partial charge on any atom is -0.328 e. The molecule has 0 radical (unpaired) electrons. The number of carbonyl (C=O) groups excluding carboxylic acids is 1. The van der Waals surface area contributed by atoms with Gasteiger partial charge < -0.3 is 11.1 Å². The first-order chi connectivity index (χ1) is 8.56. The van der Waals surface area contributed by atoms with Crippen LogP contribution in [0.15, 0.2) is 16.7 Å². The van der Waals surface area contributed by atoms with Crippen LogP contribution in [0.3, 0.4) is 0 Å². The summed E-state index contributed by atoms with van der Waals surface area (Å²) >= 11 is 9.07. The molecule has 6 heteroatoms. The van der Waals surface area contributed by atoms with Crippen molar-refractivity contribution in [3.05, 3.63) is 21.9 Å². The van der Waals surface area contributed by atoms with E-state index in [-0.39, 0.29) is 17.9 Å². The Morgan fingerprint density at radius 2 is 2.33 bits per heavy atom. The Balaban J connectivity index is 2.00. The lowest BCUT2D eigenvalue weighted by atomic mass is 9.85. The molecule has 1 aliphatic rings. The zero-order valence-electron chi connectivity index (χ0n) is 9.83. The number of pyridine rings is 1. The predicted octanol–water partition coefficient (Wildman–Crippen LogP) is 2.95. The molecule has 2 unspecified atom stereocenters. The molecule has 1 aromatic rings. The minimum absolute atomic E-state index is 0.00297. The lowest BCUT2D eigenvalue weighted by Gasteiger charge is -2.25. The highest BCUT2D eigenvalue weighted by molar-refractivity contribution is 9.10. The zero-order valence-corrected chi connectivity index (χ0v) is 12.2. The van der Waals surface area contributed by atoms with Gasteiger partial charge in [0, 0.05) is 12.0 Å². The molecule has 1 saturated carbocycles. The number of aromatic nitrogens is 1. The molecule has 2 rings (SSSR count). The Hall–Kier alpha value is -0.650. The molecule has 0 saturated heterocycles. The molecule has 0 aliphatic heterocycles. The van der Waals surface area contributed by atoms with E-state index < -0.39 is 0 Å². The number of nitrogens with zero attached hydrogens (tertiary/aromatic N) is 1. The van der Waals surface area contributed by atoms with Crippen LogP contribution in [0.4, 0.5) is 5.69 Å². The first kappa shape index (κ1) is 13.8. The van der Waals surface area contributed by atoms with Gasteiger partial charge in [-0.3, -0.25) is 4.79 Å².